The quantitative estimate of drug-likeness (QED) is 0.853. The van der Waals surface area contributed by atoms with Crippen molar-refractivity contribution < 1.29 is 4.52 Å². The molecule has 1 aromatic heterocycles. The highest BCUT2D eigenvalue weighted by atomic mass is 16.5. The SMILES string of the molecule is CCC(C)Cc1nc(C(CC)N2CCNCC2)no1. The number of nitrogens with one attached hydrogen (secondary N) is 1. The lowest BCUT2D eigenvalue weighted by Crippen LogP contribution is -2.45. The van der Waals surface area contributed by atoms with E-state index in [0.29, 0.717) is 12.0 Å². The molecule has 0 amide bonds. The van der Waals surface area contributed by atoms with Gasteiger partial charge in [0.15, 0.2) is 5.82 Å². The lowest BCUT2D eigenvalue weighted by atomic mass is 10.1. The van der Waals surface area contributed by atoms with E-state index in [-0.39, 0.29) is 0 Å². The molecular formula is C14H26N4O. The van der Waals surface area contributed by atoms with Crippen molar-refractivity contribution in [3.05, 3.63) is 11.7 Å². The van der Waals surface area contributed by atoms with Crippen LogP contribution in [-0.2, 0) is 6.42 Å². The van der Waals surface area contributed by atoms with E-state index >= 15 is 0 Å². The van der Waals surface area contributed by atoms with Gasteiger partial charge in [0.05, 0.1) is 6.04 Å². The van der Waals surface area contributed by atoms with Crippen LogP contribution in [0.5, 0.6) is 0 Å². The van der Waals surface area contributed by atoms with Crippen molar-refractivity contribution in [3.63, 3.8) is 0 Å². The summed E-state index contributed by atoms with van der Waals surface area (Å²) in [6, 6.07) is 0.302. The third kappa shape index (κ3) is 3.76. The average Bonchev–Trinajstić information content (AvgIpc) is 2.89. The Morgan fingerprint density at radius 3 is 2.63 bits per heavy atom. The van der Waals surface area contributed by atoms with E-state index in [1.807, 2.05) is 0 Å². The van der Waals surface area contributed by atoms with E-state index in [1.165, 1.54) is 0 Å². The molecule has 19 heavy (non-hydrogen) atoms. The molecule has 1 N–H and O–H groups in total. The summed E-state index contributed by atoms with van der Waals surface area (Å²) >= 11 is 0. The number of hydrogen-bond acceptors (Lipinski definition) is 5. The van der Waals surface area contributed by atoms with Crippen LogP contribution >= 0.6 is 0 Å². The fourth-order valence-electron chi connectivity index (χ4n) is 2.53. The summed E-state index contributed by atoms with van der Waals surface area (Å²) in [5, 5.41) is 7.58. The molecule has 2 unspecified atom stereocenters. The van der Waals surface area contributed by atoms with Gasteiger partial charge in [-0.05, 0) is 12.3 Å². The molecule has 2 heterocycles. The first-order chi connectivity index (χ1) is 9.24. The van der Waals surface area contributed by atoms with Crippen LogP contribution in [-0.4, -0.2) is 41.2 Å². The van der Waals surface area contributed by atoms with Gasteiger partial charge in [-0.3, -0.25) is 4.90 Å². The average molecular weight is 266 g/mol. The van der Waals surface area contributed by atoms with Crippen molar-refractivity contribution >= 4 is 0 Å². The molecule has 0 bridgehead atoms. The first kappa shape index (κ1) is 14.5. The van der Waals surface area contributed by atoms with Gasteiger partial charge in [0, 0.05) is 32.6 Å². The Bertz CT molecular complexity index is 373. The van der Waals surface area contributed by atoms with Crippen LogP contribution in [0, 0.1) is 5.92 Å². The molecule has 1 aliphatic heterocycles. The van der Waals surface area contributed by atoms with Crippen LogP contribution in [0.25, 0.3) is 0 Å². The van der Waals surface area contributed by atoms with Crippen LogP contribution < -0.4 is 5.32 Å². The number of piperazine rings is 1. The zero-order chi connectivity index (χ0) is 13.7. The van der Waals surface area contributed by atoms with Gasteiger partial charge < -0.3 is 9.84 Å². The minimum Gasteiger partial charge on any atom is -0.339 e. The Morgan fingerprint density at radius 1 is 1.26 bits per heavy atom. The molecule has 1 fully saturated rings. The predicted molar refractivity (Wildman–Crippen MR) is 74.9 cm³/mol. The fraction of sp³-hybridized carbons (Fsp3) is 0.857. The minimum atomic E-state index is 0.302. The Hall–Kier alpha value is -0.940. The van der Waals surface area contributed by atoms with E-state index in [2.05, 4.69) is 41.1 Å². The number of aromatic nitrogens is 2. The molecule has 0 aromatic carbocycles. The molecule has 108 valence electrons. The smallest absolute Gasteiger partial charge is 0.226 e. The topological polar surface area (TPSA) is 54.2 Å². The standard InChI is InChI=1S/C14H26N4O/c1-4-11(3)10-13-16-14(17-19-13)12(5-2)18-8-6-15-7-9-18/h11-12,15H,4-10H2,1-3H3. The van der Waals surface area contributed by atoms with Crippen LogP contribution in [0.2, 0.25) is 0 Å². The maximum atomic E-state index is 5.41. The van der Waals surface area contributed by atoms with Gasteiger partial charge in [0.2, 0.25) is 5.89 Å². The second-order valence-electron chi connectivity index (χ2n) is 5.47. The lowest BCUT2D eigenvalue weighted by molar-refractivity contribution is 0.160. The normalized spacial score (nSPS) is 20.4. The second kappa shape index (κ2) is 7.01. The highest BCUT2D eigenvalue weighted by Crippen LogP contribution is 2.22. The molecule has 5 nitrogen and oxygen atoms in total. The maximum Gasteiger partial charge on any atom is 0.226 e. The molecule has 0 saturated carbocycles. The summed E-state index contributed by atoms with van der Waals surface area (Å²) in [6.07, 6.45) is 3.07. The molecular weight excluding hydrogens is 240 g/mol. The monoisotopic (exact) mass is 266 g/mol. The third-order valence-electron chi connectivity index (χ3n) is 3.98. The fourth-order valence-corrected chi connectivity index (χ4v) is 2.53. The van der Waals surface area contributed by atoms with Crippen molar-refractivity contribution in [2.75, 3.05) is 26.2 Å². The van der Waals surface area contributed by atoms with Crippen LogP contribution in [0.1, 0.15) is 51.4 Å². The molecule has 2 atom stereocenters. The molecule has 1 aromatic rings. The maximum absolute atomic E-state index is 5.41. The number of nitrogens with zero attached hydrogens (tertiary/aromatic N) is 3. The van der Waals surface area contributed by atoms with Crippen molar-refractivity contribution in [2.45, 2.75) is 46.1 Å². The van der Waals surface area contributed by atoms with Crippen molar-refractivity contribution in [1.29, 1.82) is 0 Å². The van der Waals surface area contributed by atoms with E-state index < -0.39 is 0 Å². The van der Waals surface area contributed by atoms with Gasteiger partial charge in [-0.1, -0.05) is 32.3 Å². The Balaban J connectivity index is 2.02. The highest BCUT2D eigenvalue weighted by Gasteiger charge is 2.25. The number of rotatable bonds is 6. The summed E-state index contributed by atoms with van der Waals surface area (Å²) in [5.74, 6) is 2.26. The summed E-state index contributed by atoms with van der Waals surface area (Å²) in [6.45, 7) is 10.8. The minimum absolute atomic E-state index is 0.302. The molecule has 0 spiro atoms. The van der Waals surface area contributed by atoms with Gasteiger partial charge >= 0.3 is 0 Å². The van der Waals surface area contributed by atoms with Crippen molar-refractivity contribution in [1.82, 2.24) is 20.4 Å². The van der Waals surface area contributed by atoms with E-state index in [4.69, 9.17) is 4.52 Å². The van der Waals surface area contributed by atoms with Crippen molar-refractivity contribution in [3.8, 4) is 0 Å². The highest BCUT2D eigenvalue weighted by molar-refractivity contribution is 4.96. The molecule has 0 radical (unpaired) electrons. The van der Waals surface area contributed by atoms with Gasteiger partial charge in [-0.15, -0.1) is 0 Å². The van der Waals surface area contributed by atoms with Crippen LogP contribution in [0.3, 0.4) is 0 Å². The zero-order valence-electron chi connectivity index (χ0n) is 12.4. The summed E-state index contributed by atoms with van der Waals surface area (Å²) < 4.78 is 5.41. The molecule has 5 heteroatoms. The Morgan fingerprint density at radius 2 is 2.00 bits per heavy atom. The predicted octanol–water partition coefficient (Wildman–Crippen LogP) is 2.01. The molecule has 0 aliphatic carbocycles. The Labute approximate surface area is 115 Å². The molecule has 2 rings (SSSR count). The van der Waals surface area contributed by atoms with Crippen molar-refractivity contribution in [2.24, 2.45) is 5.92 Å². The van der Waals surface area contributed by atoms with E-state index in [9.17, 15) is 0 Å². The molecule has 1 aliphatic rings. The van der Waals surface area contributed by atoms with Gasteiger partial charge in [-0.2, -0.15) is 4.98 Å². The van der Waals surface area contributed by atoms with E-state index in [0.717, 1.165) is 57.2 Å². The largest absolute Gasteiger partial charge is 0.339 e. The van der Waals surface area contributed by atoms with Crippen LogP contribution in [0.15, 0.2) is 4.52 Å². The van der Waals surface area contributed by atoms with Crippen LogP contribution in [0.4, 0.5) is 0 Å². The molecule has 1 saturated heterocycles. The third-order valence-corrected chi connectivity index (χ3v) is 3.98. The number of hydrogen-bond donors (Lipinski definition) is 1. The lowest BCUT2D eigenvalue weighted by Gasteiger charge is -2.32. The second-order valence-corrected chi connectivity index (χ2v) is 5.47. The summed E-state index contributed by atoms with van der Waals surface area (Å²) in [5.41, 5.74) is 0. The zero-order valence-corrected chi connectivity index (χ0v) is 12.4. The van der Waals surface area contributed by atoms with Gasteiger partial charge in [0.25, 0.3) is 0 Å². The van der Waals surface area contributed by atoms with E-state index in [1.54, 1.807) is 0 Å². The first-order valence-corrected chi connectivity index (χ1v) is 7.51. The van der Waals surface area contributed by atoms with Gasteiger partial charge in [-0.25, -0.2) is 0 Å². The summed E-state index contributed by atoms with van der Waals surface area (Å²) in [7, 11) is 0. The summed E-state index contributed by atoms with van der Waals surface area (Å²) in [4.78, 5) is 7.06. The van der Waals surface area contributed by atoms with Gasteiger partial charge in [0.1, 0.15) is 0 Å². The Kier molecular flexibility index (Phi) is 5.34. The first-order valence-electron chi connectivity index (χ1n) is 7.51.